The molecule has 0 amide bonds. The molecule has 5 aromatic carbocycles. The number of hydrogen-bond acceptors (Lipinski definition) is 3. The van der Waals surface area contributed by atoms with Crippen LogP contribution in [-0.4, -0.2) is 15.9 Å². The van der Waals surface area contributed by atoms with Crippen LogP contribution in [0.3, 0.4) is 0 Å². The summed E-state index contributed by atoms with van der Waals surface area (Å²) >= 11 is 0. The molecule has 2 aliphatic rings. The lowest BCUT2D eigenvalue weighted by Crippen LogP contribution is -2.55. The second-order valence-electron chi connectivity index (χ2n) is 11.2. The third-order valence-electron chi connectivity index (χ3n) is 8.68. The smallest absolute Gasteiger partial charge is 0.353 e. The number of aromatic nitrogens is 2. The van der Waals surface area contributed by atoms with Gasteiger partial charge in [-0.15, -0.1) is 0 Å². The van der Waals surface area contributed by atoms with E-state index in [0.29, 0.717) is 0 Å². The molecule has 208 valence electrons. The Morgan fingerprint density at radius 2 is 0.818 bits per heavy atom. The fourth-order valence-electron chi connectivity index (χ4n) is 6.89. The largest absolute Gasteiger partial charge is 0.426 e. The molecule has 0 fully saturated rings. The molecular weight excluding hydrogens is 537 g/mol. The van der Waals surface area contributed by atoms with Gasteiger partial charge in [0.25, 0.3) is 0 Å². The molecule has 5 nitrogen and oxygen atoms in total. The highest BCUT2D eigenvalue weighted by molar-refractivity contribution is 6.76. The summed E-state index contributed by atoms with van der Waals surface area (Å²) in [6.45, 7) is -0.0223. The lowest BCUT2D eigenvalue weighted by atomic mass is 9.62. The number of rotatable bonds is 5. The zero-order valence-corrected chi connectivity index (χ0v) is 24.0. The number of hydrogen-bond donors (Lipinski definition) is 0. The SMILES string of the molecule is c1ccc(N(c2ccccc2)c2cc3c4c(c2)N(c2ccccc2)c2cccn2B4n2cccc2N3c2ccccc2)cc1. The standard InChI is InChI=1S/C38H28BN5/c1-5-15-29(16-6-1)42(30-17-7-2-8-18-30)33-27-34-38-35(28-33)44(32-21-11-4-12-22-32)37-24-14-26-41(37)39(38)40-25-13-23-36(40)43(34)31-19-9-3-10-20-31/h1-28H. The number of anilines is 9. The fraction of sp³-hybridized carbons (Fsp3) is 0. The van der Waals surface area contributed by atoms with E-state index in [1.54, 1.807) is 0 Å². The van der Waals surface area contributed by atoms with Gasteiger partial charge in [0.05, 0.1) is 17.1 Å². The fourth-order valence-corrected chi connectivity index (χ4v) is 6.89. The van der Waals surface area contributed by atoms with E-state index in [9.17, 15) is 0 Å². The van der Waals surface area contributed by atoms with Gasteiger partial charge < -0.3 is 13.9 Å². The van der Waals surface area contributed by atoms with Crippen molar-refractivity contribution in [2.24, 2.45) is 0 Å². The molecule has 0 N–H and O–H groups in total. The van der Waals surface area contributed by atoms with Crippen LogP contribution >= 0.6 is 0 Å². The van der Waals surface area contributed by atoms with E-state index >= 15 is 0 Å². The summed E-state index contributed by atoms with van der Waals surface area (Å²) in [7, 11) is 0. The maximum Gasteiger partial charge on any atom is 0.426 e. The van der Waals surface area contributed by atoms with Gasteiger partial charge in [-0.05, 0) is 97.3 Å². The van der Waals surface area contributed by atoms with E-state index in [-0.39, 0.29) is 6.98 Å². The first-order valence-corrected chi connectivity index (χ1v) is 15.0. The van der Waals surface area contributed by atoms with Crippen LogP contribution in [0.25, 0.3) is 0 Å². The van der Waals surface area contributed by atoms with Crippen molar-refractivity contribution in [2.75, 3.05) is 14.7 Å². The summed E-state index contributed by atoms with van der Waals surface area (Å²) in [5.74, 6) is 2.27. The highest BCUT2D eigenvalue weighted by atomic mass is 15.3. The first kappa shape index (κ1) is 24.7. The van der Waals surface area contributed by atoms with Crippen molar-refractivity contribution in [3.63, 3.8) is 0 Å². The quantitative estimate of drug-likeness (QED) is 0.194. The van der Waals surface area contributed by atoms with Gasteiger partial charge in [-0.2, -0.15) is 0 Å². The predicted octanol–water partition coefficient (Wildman–Crippen LogP) is 9.12. The zero-order valence-electron chi connectivity index (χ0n) is 24.0. The van der Waals surface area contributed by atoms with Crippen LogP contribution < -0.4 is 20.2 Å². The van der Waals surface area contributed by atoms with Crippen molar-refractivity contribution >= 4 is 63.9 Å². The van der Waals surface area contributed by atoms with Gasteiger partial charge in [0.2, 0.25) is 0 Å². The molecule has 6 heteroatoms. The molecule has 0 saturated carbocycles. The molecule has 0 atom stereocenters. The van der Waals surface area contributed by atoms with E-state index < -0.39 is 0 Å². The summed E-state index contributed by atoms with van der Waals surface area (Å²) in [6, 6.07) is 56.2. The van der Waals surface area contributed by atoms with Gasteiger partial charge in [-0.1, -0.05) is 72.8 Å². The Morgan fingerprint density at radius 1 is 0.409 bits per heavy atom. The first-order chi connectivity index (χ1) is 21.9. The van der Waals surface area contributed by atoms with Crippen LogP contribution in [0.4, 0.5) is 51.4 Å². The second-order valence-corrected chi connectivity index (χ2v) is 11.2. The molecule has 0 unspecified atom stereocenters. The lowest BCUT2D eigenvalue weighted by Gasteiger charge is -2.44. The maximum absolute atomic E-state index is 2.41. The van der Waals surface area contributed by atoms with Gasteiger partial charge in [-0.3, -0.25) is 9.80 Å². The van der Waals surface area contributed by atoms with Gasteiger partial charge in [0, 0.05) is 28.2 Å². The van der Waals surface area contributed by atoms with Crippen LogP contribution in [0, 0.1) is 0 Å². The number of fused-ring (bicyclic) bond motifs is 4. The van der Waals surface area contributed by atoms with E-state index in [0.717, 1.165) is 51.4 Å². The molecule has 0 radical (unpaired) electrons. The highest BCUT2D eigenvalue weighted by Crippen LogP contribution is 2.48. The van der Waals surface area contributed by atoms with Crippen LogP contribution in [-0.2, 0) is 0 Å². The molecule has 2 aromatic heterocycles. The van der Waals surface area contributed by atoms with Crippen LogP contribution in [0.1, 0.15) is 0 Å². The number of nitrogens with zero attached hydrogens (tertiary/aromatic N) is 5. The van der Waals surface area contributed by atoms with E-state index in [1.807, 2.05) is 0 Å². The molecule has 2 aliphatic heterocycles. The molecular formula is C38H28BN5. The molecule has 0 bridgehead atoms. The average molecular weight is 565 g/mol. The van der Waals surface area contributed by atoms with E-state index in [4.69, 9.17) is 0 Å². The van der Waals surface area contributed by atoms with Crippen LogP contribution in [0.2, 0.25) is 0 Å². The Bertz CT molecular complexity index is 1940. The summed E-state index contributed by atoms with van der Waals surface area (Å²) in [5.41, 5.74) is 9.15. The Kier molecular flexibility index (Phi) is 5.53. The van der Waals surface area contributed by atoms with Crippen molar-refractivity contribution in [3.05, 3.63) is 170 Å². The highest BCUT2D eigenvalue weighted by Gasteiger charge is 2.44. The zero-order chi connectivity index (χ0) is 29.0. The molecule has 0 saturated heterocycles. The molecule has 0 spiro atoms. The van der Waals surface area contributed by atoms with Crippen molar-refractivity contribution in [1.29, 1.82) is 0 Å². The summed E-state index contributed by atoms with van der Waals surface area (Å²) < 4.78 is 4.80. The van der Waals surface area contributed by atoms with Gasteiger partial charge in [0.1, 0.15) is 11.6 Å². The molecule has 7 aromatic rings. The third-order valence-corrected chi connectivity index (χ3v) is 8.68. The molecule has 4 heterocycles. The summed E-state index contributed by atoms with van der Waals surface area (Å²) in [6.07, 6.45) is 4.41. The topological polar surface area (TPSA) is 19.6 Å². The average Bonchev–Trinajstić information content (AvgIpc) is 3.77. The van der Waals surface area contributed by atoms with Crippen LogP contribution in [0.15, 0.2) is 170 Å². The first-order valence-electron chi connectivity index (χ1n) is 15.0. The Morgan fingerprint density at radius 3 is 1.25 bits per heavy atom. The van der Waals surface area contributed by atoms with Gasteiger partial charge in [-0.25, -0.2) is 0 Å². The monoisotopic (exact) mass is 565 g/mol. The minimum absolute atomic E-state index is 0.0223. The molecule has 9 rings (SSSR count). The number of benzene rings is 5. The Balaban J connectivity index is 1.39. The van der Waals surface area contributed by atoms with Crippen molar-refractivity contribution < 1.29 is 0 Å². The molecule has 44 heavy (non-hydrogen) atoms. The van der Waals surface area contributed by atoms with Gasteiger partial charge in [0.15, 0.2) is 0 Å². The minimum Gasteiger partial charge on any atom is -0.353 e. The predicted molar refractivity (Wildman–Crippen MR) is 183 cm³/mol. The second kappa shape index (κ2) is 9.85. The molecule has 0 aliphatic carbocycles. The Hall–Kier alpha value is -5.88. The van der Waals surface area contributed by atoms with E-state index in [1.165, 1.54) is 5.46 Å². The lowest BCUT2D eigenvalue weighted by molar-refractivity contribution is 1.00. The summed E-state index contributed by atoms with van der Waals surface area (Å²) in [4.78, 5) is 7.18. The Labute approximate surface area is 257 Å². The van der Waals surface area contributed by atoms with Crippen molar-refractivity contribution in [1.82, 2.24) is 8.96 Å². The minimum atomic E-state index is -0.0223. The van der Waals surface area contributed by atoms with E-state index in [2.05, 4.69) is 194 Å². The van der Waals surface area contributed by atoms with Crippen molar-refractivity contribution in [3.8, 4) is 0 Å². The van der Waals surface area contributed by atoms with Crippen molar-refractivity contribution in [2.45, 2.75) is 0 Å². The third kappa shape index (κ3) is 3.68. The normalized spacial score (nSPS) is 12.9. The number of para-hydroxylation sites is 4. The van der Waals surface area contributed by atoms with Crippen LogP contribution in [0.5, 0.6) is 0 Å². The summed E-state index contributed by atoms with van der Waals surface area (Å²) in [5, 5.41) is 0. The van der Waals surface area contributed by atoms with Gasteiger partial charge >= 0.3 is 6.98 Å². The maximum atomic E-state index is 2.41.